The van der Waals surface area contributed by atoms with E-state index in [-0.39, 0.29) is 6.04 Å². The predicted octanol–water partition coefficient (Wildman–Crippen LogP) is 3.71. The third-order valence-electron chi connectivity index (χ3n) is 3.20. The van der Waals surface area contributed by atoms with E-state index in [1.54, 1.807) is 36.4 Å². The van der Waals surface area contributed by atoms with Gasteiger partial charge in [-0.25, -0.2) is 8.42 Å². The van der Waals surface area contributed by atoms with Crippen LogP contribution in [0.2, 0.25) is 10.0 Å². The van der Waals surface area contributed by atoms with Crippen molar-refractivity contribution in [1.29, 1.82) is 0 Å². The van der Waals surface area contributed by atoms with Crippen LogP contribution in [0.5, 0.6) is 0 Å². The Morgan fingerprint density at radius 2 is 1.67 bits per heavy atom. The van der Waals surface area contributed by atoms with E-state index in [4.69, 9.17) is 23.2 Å². The molecule has 6 heteroatoms. The van der Waals surface area contributed by atoms with Gasteiger partial charge in [-0.15, -0.1) is 0 Å². The normalized spacial score (nSPS) is 13.1. The van der Waals surface area contributed by atoms with Crippen molar-refractivity contribution in [2.24, 2.45) is 0 Å². The van der Waals surface area contributed by atoms with Gasteiger partial charge in [0.05, 0.1) is 10.9 Å². The summed E-state index contributed by atoms with van der Waals surface area (Å²) in [5.41, 5.74) is 1.81. The van der Waals surface area contributed by atoms with E-state index in [2.05, 4.69) is 5.32 Å². The minimum Gasteiger partial charge on any atom is -0.309 e. The zero-order valence-electron chi connectivity index (χ0n) is 11.6. The van der Waals surface area contributed by atoms with Gasteiger partial charge in [-0.1, -0.05) is 41.4 Å². The second-order valence-corrected chi connectivity index (χ2v) is 7.59. The van der Waals surface area contributed by atoms with Gasteiger partial charge in [0.15, 0.2) is 9.84 Å². The third-order valence-corrected chi connectivity index (χ3v) is 4.89. The van der Waals surface area contributed by atoms with Crippen LogP contribution in [0.25, 0.3) is 0 Å². The monoisotopic (exact) mass is 343 g/mol. The maximum absolute atomic E-state index is 11.5. The van der Waals surface area contributed by atoms with Crippen LogP contribution < -0.4 is 5.32 Å². The summed E-state index contributed by atoms with van der Waals surface area (Å²) < 4.78 is 23.0. The van der Waals surface area contributed by atoms with Crippen LogP contribution in [-0.2, 0) is 9.84 Å². The molecule has 0 fully saturated rings. The molecule has 2 rings (SSSR count). The summed E-state index contributed by atoms with van der Waals surface area (Å²) in [6, 6.07) is 11.9. The molecule has 0 saturated heterocycles. The predicted molar refractivity (Wildman–Crippen MR) is 86.9 cm³/mol. The molecule has 0 aromatic heterocycles. The molecule has 0 bridgehead atoms. The highest BCUT2D eigenvalue weighted by Crippen LogP contribution is 2.30. The van der Waals surface area contributed by atoms with Crippen molar-refractivity contribution in [3.8, 4) is 0 Å². The molecule has 0 aliphatic rings. The molecule has 2 aromatic carbocycles. The van der Waals surface area contributed by atoms with Crippen LogP contribution in [0.15, 0.2) is 47.4 Å². The molecule has 1 unspecified atom stereocenters. The average Bonchev–Trinajstić information content (AvgIpc) is 2.41. The summed E-state index contributed by atoms with van der Waals surface area (Å²) in [6.07, 6.45) is 1.19. The van der Waals surface area contributed by atoms with Gasteiger partial charge in [0.2, 0.25) is 0 Å². The Morgan fingerprint density at radius 3 is 2.14 bits per heavy atom. The van der Waals surface area contributed by atoms with Gasteiger partial charge >= 0.3 is 0 Å². The van der Waals surface area contributed by atoms with Crippen LogP contribution >= 0.6 is 23.2 Å². The molecular weight excluding hydrogens is 329 g/mol. The van der Waals surface area contributed by atoms with Gasteiger partial charge in [-0.3, -0.25) is 0 Å². The van der Waals surface area contributed by atoms with Crippen LogP contribution in [0.3, 0.4) is 0 Å². The number of nitrogens with one attached hydrogen (secondary N) is 1. The van der Waals surface area contributed by atoms with E-state index in [0.29, 0.717) is 14.9 Å². The molecule has 21 heavy (non-hydrogen) atoms. The number of hydrogen-bond donors (Lipinski definition) is 1. The SMILES string of the molecule is CNC(c1ccc(S(C)(=O)=O)cc1)c1ccc(Cl)cc1Cl. The fourth-order valence-corrected chi connectivity index (χ4v) is 3.29. The number of hydrogen-bond acceptors (Lipinski definition) is 3. The Hall–Kier alpha value is -1.07. The van der Waals surface area contributed by atoms with Crippen molar-refractivity contribution in [3.63, 3.8) is 0 Å². The fourth-order valence-electron chi connectivity index (χ4n) is 2.14. The molecule has 0 aliphatic carbocycles. The molecule has 112 valence electrons. The quantitative estimate of drug-likeness (QED) is 0.920. The number of rotatable bonds is 4. The minimum atomic E-state index is -3.19. The number of halogens is 2. The molecular formula is C15H15Cl2NO2S. The lowest BCUT2D eigenvalue weighted by atomic mass is 9.99. The summed E-state index contributed by atoms with van der Waals surface area (Å²) in [5, 5.41) is 4.32. The van der Waals surface area contributed by atoms with Crippen molar-refractivity contribution in [2.45, 2.75) is 10.9 Å². The Balaban J connectivity index is 2.42. The van der Waals surface area contributed by atoms with Crippen LogP contribution in [-0.4, -0.2) is 21.7 Å². The van der Waals surface area contributed by atoms with E-state index in [1.807, 2.05) is 13.1 Å². The molecule has 3 nitrogen and oxygen atoms in total. The Morgan fingerprint density at radius 1 is 1.05 bits per heavy atom. The van der Waals surface area contributed by atoms with Gasteiger partial charge in [-0.05, 0) is 42.4 Å². The maximum atomic E-state index is 11.5. The van der Waals surface area contributed by atoms with Gasteiger partial charge in [0.25, 0.3) is 0 Å². The molecule has 1 atom stereocenters. The summed E-state index contributed by atoms with van der Waals surface area (Å²) in [4.78, 5) is 0.295. The molecule has 0 amide bonds. The first kappa shape index (κ1) is 16.3. The van der Waals surface area contributed by atoms with Gasteiger partial charge in [-0.2, -0.15) is 0 Å². The lowest BCUT2D eigenvalue weighted by molar-refractivity contribution is 0.601. The van der Waals surface area contributed by atoms with Crippen molar-refractivity contribution in [2.75, 3.05) is 13.3 Å². The maximum Gasteiger partial charge on any atom is 0.175 e. The van der Waals surface area contributed by atoms with E-state index >= 15 is 0 Å². The molecule has 2 aromatic rings. The molecule has 0 aliphatic heterocycles. The summed E-state index contributed by atoms with van der Waals surface area (Å²) >= 11 is 12.1. The summed E-state index contributed by atoms with van der Waals surface area (Å²) in [6.45, 7) is 0. The van der Waals surface area contributed by atoms with Crippen molar-refractivity contribution < 1.29 is 8.42 Å². The lowest BCUT2D eigenvalue weighted by Gasteiger charge is -2.19. The zero-order chi connectivity index (χ0) is 15.6. The summed E-state index contributed by atoms with van der Waals surface area (Å²) in [5.74, 6) is 0. The Kier molecular flexibility index (Phi) is 4.94. The molecule has 0 heterocycles. The van der Waals surface area contributed by atoms with Gasteiger partial charge < -0.3 is 5.32 Å². The molecule has 0 saturated carbocycles. The van der Waals surface area contributed by atoms with Gasteiger partial charge in [0.1, 0.15) is 0 Å². The fraction of sp³-hybridized carbons (Fsp3) is 0.200. The average molecular weight is 344 g/mol. The second-order valence-electron chi connectivity index (χ2n) is 4.73. The standard InChI is InChI=1S/C15H15Cl2NO2S/c1-18-15(13-8-5-11(16)9-14(13)17)10-3-6-12(7-4-10)21(2,19)20/h3-9,15,18H,1-2H3. The smallest absolute Gasteiger partial charge is 0.175 e. The lowest BCUT2D eigenvalue weighted by Crippen LogP contribution is -2.18. The van der Waals surface area contributed by atoms with Crippen molar-refractivity contribution in [1.82, 2.24) is 5.32 Å². The third kappa shape index (κ3) is 3.77. The number of benzene rings is 2. The minimum absolute atomic E-state index is 0.136. The van der Waals surface area contributed by atoms with E-state index in [1.165, 1.54) is 6.26 Å². The Bertz CT molecular complexity index is 743. The second kappa shape index (κ2) is 6.36. The summed E-state index contributed by atoms with van der Waals surface area (Å²) in [7, 11) is -1.37. The first-order valence-corrected chi connectivity index (χ1v) is 8.90. The van der Waals surface area contributed by atoms with Crippen LogP contribution in [0.4, 0.5) is 0 Å². The molecule has 0 radical (unpaired) electrons. The van der Waals surface area contributed by atoms with Crippen LogP contribution in [0.1, 0.15) is 17.2 Å². The zero-order valence-corrected chi connectivity index (χ0v) is 13.9. The highest BCUT2D eigenvalue weighted by atomic mass is 35.5. The number of sulfone groups is 1. The first-order chi connectivity index (χ1) is 9.82. The topological polar surface area (TPSA) is 46.2 Å². The molecule has 0 spiro atoms. The van der Waals surface area contributed by atoms with Crippen LogP contribution in [0, 0.1) is 0 Å². The van der Waals surface area contributed by atoms with E-state index < -0.39 is 9.84 Å². The first-order valence-electron chi connectivity index (χ1n) is 6.25. The highest BCUT2D eigenvalue weighted by Gasteiger charge is 2.16. The highest BCUT2D eigenvalue weighted by molar-refractivity contribution is 7.90. The van der Waals surface area contributed by atoms with Crippen molar-refractivity contribution in [3.05, 3.63) is 63.6 Å². The van der Waals surface area contributed by atoms with E-state index in [9.17, 15) is 8.42 Å². The molecule has 1 N–H and O–H groups in total. The largest absolute Gasteiger partial charge is 0.309 e. The van der Waals surface area contributed by atoms with Gasteiger partial charge in [0, 0.05) is 16.3 Å². The van der Waals surface area contributed by atoms with E-state index in [0.717, 1.165) is 11.1 Å². The Labute approximate surface area is 134 Å². The van der Waals surface area contributed by atoms with Crippen molar-refractivity contribution >= 4 is 33.0 Å².